The van der Waals surface area contributed by atoms with E-state index in [-0.39, 0.29) is 6.61 Å². The number of aliphatic hydroxyl groups excluding tert-OH is 1. The monoisotopic (exact) mass is 183 g/mol. The molecule has 0 saturated heterocycles. The van der Waals surface area contributed by atoms with Gasteiger partial charge >= 0.3 is 0 Å². The smallest absolute Gasteiger partial charge is 0.0500 e. The largest absolute Gasteiger partial charge is 0.396 e. The van der Waals surface area contributed by atoms with E-state index in [1.54, 1.807) is 11.3 Å². The third-order valence-electron chi connectivity index (χ3n) is 1.89. The lowest BCUT2D eigenvalue weighted by Gasteiger charge is -2.14. The van der Waals surface area contributed by atoms with Crippen molar-refractivity contribution in [3.63, 3.8) is 0 Å². The molecule has 0 aliphatic heterocycles. The van der Waals surface area contributed by atoms with Crippen LogP contribution in [0.1, 0.15) is 31.7 Å². The lowest BCUT2D eigenvalue weighted by molar-refractivity contribution is 0.261. The molecule has 1 N–H and O–H groups in total. The summed E-state index contributed by atoms with van der Waals surface area (Å²) in [7, 11) is 0. The summed E-state index contributed by atoms with van der Waals surface area (Å²) in [4.78, 5) is 0. The minimum Gasteiger partial charge on any atom is -0.396 e. The fraction of sp³-hybridized carbons (Fsp3) is 0.500. The minimum atomic E-state index is 0.252. The van der Waals surface area contributed by atoms with Crippen molar-refractivity contribution in [1.82, 2.24) is 0 Å². The van der Waals surface area contributed by atoms with Gasteiger partial charge in [0.25, 0.3) is 0 Å². The second-order valence-corrected chi connectivity index (χ2v) is 4.13. The van der Waals surface area contributed by atoms with Gasteiger partial charge in [0.2, 0.25) is 0 Å². The maximum absolute atomic E-state index is 9.14. The summed E-state index contributed by atoms with van der Waals surface area (Å²) >= 11 is 1.69. The van der Waals surface area contributed by atoms with Crippen LogP contribution in [0.5, 0.6) is 0 Å². The van der Waals surface area contributed by atoms with E-state index in [1.807, 2.05) is 0 Å². The number of hydrogen-bond acceptors (Lipinski definition) is 2. The summed E-state index contributed by atoms with van der Waals surface area (Å²) in [5.74, 6) is 1.68. The predicted octanol–water partition coefficient (Wildman–Crippen LogP) is 2.83. The van der Waals surface area contributed by atoms with Gasteiger partial charge in [0, 0.05) is 12.5 Å². The molecule has 0 amide bonds. The molecule has 1 aromatic heterocycles. The van der Waals surface area contributed by atoms with Gasteiger partial charge < -0.3 is 5.11 Å². The summed E-state index contributed by atoms with van der Waals surface area (Å²) < 4.78 is 0. The quantitative estimate of drug-likeness (QED) is 0.761. The molecule has 1 rings (SSSR count). The third kappa shape index (κ3) is 2.61. The van der Waals surface area contributed by atoms with Crippen LogP contribution in [0.2, 0.25) is 0 Å². The Morgan fingerprint density at radius 1 is 1.58 bits per heavy atom. The van der Waals surface area contributed by atoms with E-state index in [2.05, 4.69) is 30.7 Å². The molecule has 0 spiro atoms. The van der Waals surface area contributed by atoms with Crippen LogP contribution in [0.15, 0.2) is 16.8 Å². The highest BCUT2D eigenvalue weighted by Crippen LogP contribution is 2.25. The Labute approximate surface area is 78.1 Å². The fourth-order valence-electron chi connectivity index (χ4n) is 1.29. The summed E-state index contributed by atoms with van der Waals surface area (Å²) in [6.45, 7) is 4.46. The Hall–Kier alpha value is -0.340. The van der Waals surface area contributed by atoms with Crippen molar-refractivity contribution in [3.8, 4) is 0 Å². The lowest BCUT2D eigenvalue weighted by atomic mass is 9.93. The molecule has 0 unspecified atom stereocenters. The molecule has 1 atom stereocenters. The minimum absolute atomic E-state index is 0.252. The summed E-state index contributed by atoms with van der Waals surface area (Å²) in [5, 5.41) is 13.3. The van der Waals surface area contributed by atoms with E-state index in [4.69, 9.17) is 5.11 Å². The molecular weight excluding hydrogens is 168 g/mol. The second-order valence-electron chi connectivity index (χ2n) is 3.35. The summed E-state index contributed by atoms with van der Waals surface area (Å²) in [5.41, 5.74) is 1.27. The normalized spacial score (nSPS) is 13.7. The predicted molar refractivity (Wildman–Crippen MR) is 53.4 cm³/mol. The first kappa shape index (κ1) is 9.75. The molecule has 67 valence electrons. The Morgan fingerprint density at radius 3 is 2.75 bits per heavy atom. The van der Waals surface area contributed by atoms with Crippen LogP contribution in [-0.2, 0) is 0 Å². The van der Waals surface area contributed by atoms with Crippen molar-refractivity contribution in [2.45, 2.75) is 26.2 Å². The van der Waals surface area contributed by atoms with Crippen LogP contribution in [0, 0.1) is 5.92 Å². The van der Waals surface area contributed by atoms with Crippen molar-refractivity contribution in [1.29, 1.82) is 0 Å². The number of thiophene rings is 1. The van der Waals surface area contributed by atoms with Gasteiger partial charge in [0.15, 0.2) is 0 Å². The molecule has 0 aliphatic carbocycles. The maximum Gasteiger partial charge on any atom is 0.0500 e. The molecule has 2 heteroatoms. The van der Waals surface area contributed by atoms with E-state index in [9.17, 15) is 0 Å². The molecule has 1 radical (unpaired) electrons. The van der Waals surface area contributed by atoms with E-state index < -0.39 is 0 Å². The Bertz CT molecular complexity index is 204. The molecule has 1 heterocycles. The van der Waals surface area contributed by atoms with Crippen LogP contribution < -0.4 is 0 Å². The Kier molecular flexibility index (Phi) is 3.76. The average Bonchev–Trinajstić information content (AvgIpc) is 2.51. The van der Waals surface area contributed by atoms with Gasteiger partial charge in [-0.1, -0.05) is 13.8 Å². The number of rotatable bonds is 4. The van der Waals surface area contributed by atoms with E-state index >= 15 is 0 Å². The van der Waals surface area contributed by atoms with Crippen LogP contribution in [-0.4, -0.2) is 11.7 Å². The highest BCUT2D eigenvalue weighted by Gasteiger charge is 2.12. The molecule has 0 aromatic carbocycles. The molecular formula is C10H15OS. The van der Waals surface area contributed by atoms with Gasteiger partial charge in [-0.25, -0.2) is 0 Å². The van der Waals surface area contributed by atoms with E-state index in [0.29, 0.717) is 5.92 Å². The third-order valence-corrected chi connectivity index (χ3v) is 2.59. The average molecular weight is 183 g/mol. The molecule has 1 nitrogen and oxygen atoms in total. The molecule has 1 aromatic rings. The lowest BCUT2D eigenvalue weighted by Crippen LogP contribution is -2.05. The zero-order chi connectivity index (χ0) is 8.97. The molecule has 0 saturated carbocycles. The van der Waals surface area contributed by atoms with Gasteiger partial charge in [0.1, 0.15) is 0 Å². The number of hydrogen-bond donors (Lipinski definition) is 1. The molecule has 0 aliphatic rings. The van der Waals surface area contributed by atoms with Crippen molar-refractivity contribution < 1.29 is 5.11 Å². The first-order valence-corrected chi connectivity index (χ1v) is 5.10. The molecule has 12 heavy (non-hydrogen) atoms. The van der Waals surface area contributed by atoms with E-state index in [1.165, 1.54) is 11.5 Å². The van der Waals surface area contributed by atoms with Gasteiger partial charge in [-0.15, -0.1) is 0 Å². The SMILES string of the molecule is C[C](C)C[C@H](CO)c1ccsc1. The van der Waals surface area contributed by atoms with Gasteiger partial charge in [0.05, 0.1) is 0 Å². The maximum atomic E-state index is 9.14. The van der Waals surface area contributed by atoms with Crippen LogP contribution in [0.25, 0.3) is 0 Å². The highest BCUT2D eigenvalue weighted by molar-refractivity contribution is 7.07. The van der Waals surface area contributed by atoms with Crippen LogP contribution in [0.3, 0.4) is 0 Å². The van der Waals surface area contributed by atoms with Crippen molar-refractivity contribution in [2.24, 2.45) is 0 Å². The summed E-state index contributed by atoms with van der Waals surface area (Å²) in [6, 6.07) is 2.09. The molecule has 0 bridgehead atoms. The molecule has 0 fully saturated rings. The van der Waals surface area contributed by atoms with Crippen LogP contribution in [0.4, 0.5) is 0 Å². The zero-order valence-electron chi connectivity index (χ0n) is 7.58. The second kappa shape index (κ2) is 4.63. The fourth-order valence-corrected chi connectivity index (χ4v) is 2.03. The van der Waals surface area contributed by atoms with Crippen LogP contribution >= 0.6 is 11.3 Å². The Morgan fingerprint density at radius 2 is 2.33 bits per heavy atom. The summed E-state index contributed by atoms with van der Waals surface area (Å²) in [6.07, 6.45) is 0.993. The highest BCUT2D eigenvalue weighted by atomic mass is 32.1. The topological polar surface area (TPSA) is 20.2 Å². The number of aliphatic hydroxyl groups is 1. The zero-order valence-corrected chi connectivity index (χ0v) is 8.40. The standard InChI is InChI=1S/C10H15OS/c1-8(2)5-10(6-11)9-3-4-12-7-9/h3-4,7,10-11H,5-6H2,1-2H3/t10-/m1/s1. The van der Waals surface area contributed by atoms with Gasteiger partial charge in [-0.3, -0.25) is 0 Å². The van der Waals surface area contributed by atoms with E-state index in [0.717, 1.165) is 6.42 Å². The van der Waals surface area contributed by atoms with Gasteiger partial charge in [-0.05, 0) is 34.7 Å². The van der Waals surface area contributed by atoms with Gasteiger partial charge in [-0.2, -0.15) is 11.3 Å². The van der Waals surface area contributed by atoms with Crippen molar-refractivity contribution in [3.05, 3.63) is 28.3 Å². The first-order chi connectivity index (χ1) is 5.74. The first-order valence-electron chi connectivity index (χ1n) is 4.16. The van der Waals surface area contributed by atoms with Crippen molar-refractivity contribution in [2.75, 3.05) is 6.61 Å². The van der Waals surface area contributed by atoms with Crippen molar-refractivity contribution >= 4 is 11.3 Å². The Balaban J connectivity index is 2.57.